The summed E-state index contributed by atoms with van der Waals surface area (Å²) in [5, 5.41) is 3.55. The van der Waals surface area contributed by atoms with Gasteiger partial charge in [0, 0.05) is 10.6 Å². The molecule has 0 unspecified atom stereocenters. The van der Waals surface area contributed by atoms with Gasteiger partial charge in [-0.1, -0.05) is 23.7 Å². The second-order valence-electron chi connectivity index (χ2n) is 5.61. The first-order chi connectivity index (χ1) is 12.2. The van der Waals surface area contributed by atoms with Crippen LogP contribution in [0.15, 0.2) is 48.5 Å². The number of rotatable bonds is 6. The number of hydrogen-bond donors (Lipinski definition) is 1. The first kappa shape index (κ1) is 18.5. The summed E-state index contributed by atoms with van der Waals surface area (Å²) in [5.74, 6) is 3.10. The van der Waals surface area contributed by atoms with Gasteiger partial charge in [-0.3, -0.25) is 4.79 Å². The van der Waals surface area contributed by atoms with Crippen LogP contribution in [0.1, 0.15) is 26.9 Å². The Morgan fingerprint density at radius 1 is 1.08 bits per heavy atom. The van der Waals surface area contributed by atoms with Gasteiger partial charge in [-0.25, -0.2) is 0 Å². The molecule has 3 nitrogen and oxygen atoms in total. The summed E-state index contributed by atoms with van der Waals surface area (Å²) in [6.07, 6.45) is 1.28. The van der Waals surface area contributed by atoms with Crippen LogP contribution in [-0.2, 0) is 0 Å². The van der Waals surface area contributed by atoms with Gasteiger partial charge in [0.25, 0.3) is 5.91 Å². The number of hydrogen-bond acceptors (Lipinski definition) is 4. The zero-order valence-electron chi connectivity index (χ0n) is 13.7. The molecular weight excluding hydrogens is 374 g/mol. The van der Waals surface area contributed by atoms with Crippen molar-refractivity contribution in [3.8, 4) is 5.75 Å². The second kappa shape index (κ2) is 9.41. The largest absolute Gasteiger partial charge is 0.492 e. The van der Waals surface area contributed by atoms with E-state index in [0.29, 0.717) is 28.3 Å². The van der Waals surface area contributed by atoms with Crippen LogP contribution in [0.4, 0.5) is 0 Å². The van der Waals surface area contributed by atoms with E-state index in [1.807, 2.05) is 47.8 Å². The van der Waals surface area contributed by atoms with E-state index in [0.717, 1.165) is 5.75 Å². The highest BCUT2D eigenvalue weighted by molar-refractivity contribution is 8.16. The standard InChI is InChI=1S/C19H20ClNO2S2/c20-16-6-8-17(9-7-16)23-11-10-21-18(22)14-2-4-15(5-3-14)19-24-12-1-13-25-19/h2-9,19H,1,10-13H2,(H,21,22). The normalized spacial score (nSPS) is 14.9. The molecule has 6 heteroatoms. The van der Waals surface area contributed by atoms with E-state index in [4.69, 9.17) is 16.3 Å². The van der Waals surface area contributed by atoms with E-state index < -0.39 is 0 Å². The SMILES string of the molecule is O=C(NCCOc1ccc(Cl)cc1)c1ccc(C2SCCCS2)cc1. The topological polar surface area (TPSA) is 38.3 Å². The molecule has 132 valence electrons. The number of amides is 1. The average Bonchev–Trinajstić information content (AvgIpc) is 2.67. The molecule has 2 aromatic rings. The molecule has 1 aliphatic rings. The van der Waals surface area contributed by atoms with Gasteiger partial charge in [-0.15, -0.1) is 23.5 Å². The highest BCUT2D eigenvalue weighted by Crippen LogP contribution is 2.43. The lowest BCUT2D eigenvalue weighted by molar-refractivity contribution is 0.0947. The predicted molar refractivity (Wildman–Crippen MR) is 108 cm³/mol. The van der Waals surface area contributed by atoms with Gasteiger partial charge in [-0.05, 0) is 59.9 Å². The fraction of sp³-hybridized carbons (Fsp3) is 0.316. The van der Waals surface area contributed by atoms with Crippen molar-refractivity contribution in [2.24, 2.45) is 0 Å². The maximum absolute atomic E-state index is 12.2. The smallest absolute Gasteiger partial charge is 0.251 e. The average molecular weight is 394 g/mol. The molecule has 1 saturated heterocycles. The molecule has 1 amide bonds. The van der Waals surface area contributed by atoms with Gasteiger partial charge in [-0.2, -0.15) is 0 Å². The molecule has 2 aromatic carbocycles. The predicted octanol–water partition coefficient (Wildman–Crippen LogP) is 5.02. The molecule has 0 aliphatic carbocycles. The van der Waals surface area contributed by atoms with Crippen molar-refractivity contribution in [1.29, 1.82) is 0 Å². The fourth-order valence-electron chi connectivity index (χ4n) is 2.44. The lowest BCUT2D eigenvalue weighted by atomic mass is 10.1. The monoisotopic (exact) mass is 393 g/mol. The molecule has 1 fully saturated rings. The number of carbonyl (C=O) groups excluding carboxylic acids is 1. The number of carbonyl (C=O) groups is 1. The molecule has 3 rings (SSSR count). The van der Waals surface area contributed by atoms with Crippen LogP contribution in [0.3, 0.4) is 0 Å². The summed E-state index contributed by atoms with van der Waals surface area (Å²) >= 11 is 9.80. The molecule has 0 spiro atoms. The van der Waals surface area contributed by atoms with Crippen LogP contribution in [0, 0.1) is 0 Å². The molecule has 0 aromatic heterocycles. The third-order valence-electron chi connectivity index (χ3n) is 3.74. The summed E-state index contributed by atoms with van der Waals surface area (Å²) in [4.78, 5) is 12.2. The van der Waals surface area contributed by atoms with Crippen molar-refractivity contribution in [2.45, 2.75) is 11.0 Å². The first-order valence-electron chi connectivity index (χ1n) is 8.22. The summed E-state index contributed by atoms with van der Waals surface area (Å²) in [6.45, 7) is 0.873. The minimum atomic E-state index is -0.0739. The van der Waals surface area contributed by atoms with Gasteiger partial charge >= 0.3 is 0 Å². The van der Waals surface area contributed by atoms with Gasteiger partial charge in [0.15, 0.2) is 0 Å². The van der Waals surface area contributed by atoms with E-state index in [2.05, 4.69) is 17.4 Å². The Balaban J connectivity index is 1.43. The number of ether oxygens (including phenoxy) is 1. The van der Waals surface area contributed by atoms with Gasteiger partial charge < -0.3 is 10.1 Å². The number of nitrogens with one attached hydrogen (secondary N) is 1. The Bertz CT molecular complexity index is 686. The van der Waals surface area contributed by atoms with Crippen LogP contribution in [0.25, 0.3) is 0 Å². The molecule has 25 heavy (non-hydrogen) atoms. The summed E-state index contributed by atoms with van der Waals surface area (Å²) in [7, 11) is 0. The van der Waals surface area contributed by atoms with Crippen molar-refractivity contribution in [3.05, 3.63) is 64.7 Å². The molecule has 1 N–H and O–H groups in total. The Labute approximate surface area is 161 Å². The molecule has 0 bridgehead atoms. The van der Waals surface area contributed by atoms with Crippen LogP contribution in [0.2, 0.25) is 5.02 Å². The summed E-state index contributed by atoms with van der Waals surface area (Å²) < 4.78 is 6.07. The van der Waals surface area contributed by atoms with Gasteiger partial charge in [0.05, 0.1) is 11.1 Å². The van der Waals surface area contributed by atoms with Crippen molar-refractivity contribution >= 4 is 41.0 Å². The number of halogens is 1. The molecule has 1 heterocycles. The van der Waals surface area contributed by atoms with Crippen LogP contribution < -0.4 is 10.1 Å². The van der Waals surface area contributed by atoms with E-state index in [9.17, 15) is 4.79 Å². The maximum Gasteiger partial charge on any atom is 0.251 e. The minimum Gasteiger partial charge on any atom is -0.492 e. The third-order valence-corrected chi connectivity index (χ3v) is 7.01. The van der Waals surface area contributed by atoms with Gasteiger partial charge in [0.1, 0.15) is 12.4 Å². The summed E-state index contributed by atoms with van der Waals surface area (Å²) in [5.41, 5.74) is 1.97. The van der Waals surface area contributed by atoms with Crippen LogP contribution >= 0.6 is 35.1 Å². The molecule has 0 atom stereocenters. The van der Waals surface area contributed by atoms with Crippen molar-refractivity contribution in [3.63, 3.8) is 0 Å². The van der Waals surface area contributed by atoms with E-state index in [-0.39, 0.29) is 5.91 Å². The molecular formula is C19H20ClNO2S2. The van der Waals surface area contributed by atoms with E-state index in [1.165, 1.54) is 23.5 Å². The lowest BCUT2D eigenvalue weighted by Gasteiger charge is -2.21. The van der Waals surface area contributed by atoms with E-state index in [1.54, 1.807) is 12.1 Å². The highest BCUT2D eigenvalue weighted by Gasteiger charge is 2.16. The quantitative estimate of drug-likeness (QED) is 0.699. The Hall–Kier alpha value is -1.30. The Kier molecular flexibility index (Phi) is 6.96. The zero-order chi connectivity index (χ0) is 17.5. The second-order valence-corrected chi connectivity index (χ2v) is 8.77. The van der Waals surface area contributed by atoms with Crippen molar-refractivity contribution in [2.75, 3.05) is 24.7 Å². The minimum absolute atomic E-state index is 0.0739. The molecule has 1 aliphatic heterocycles. The van der Waals surface area contributed by atoms with Crippen molar-refractivity contribution < 1.29 is 9.53 Å². The lowest BCUT2D eigenvalue weighted by Crippen LogP contribution is -2.28. The fourth-order valence-corrected chi connectivity index (χ4v) is 5.46. The maximum atomic E-state index is 12.2. The van der Waals surface area contributed by atoms with Gasteiger partial charge in [0.2, 0.25) is 0 Å². The Morgan fingerprint density at radius 3 is 2.44 bits per heavy atom. The first-order valence-corrected chi connectivity index (χ1v) is 10.7. The van der Waals surface area contributed by atoms with Crippen LogP contribution in [-0.4, -0.2) is 30.6 Å². The highest BCUT2D eigenvalue weighted by atomic mass is 35.5. The Morgan fingerprint density at radius 2 is 1.76 bits per heavy atom. The summed E-state index contributed by atoms with van der Waals surface area (Å²) in [6, 6.07) is 15.1. The molecule has 0 saturated carbocycles. The molecule has 0 radical (unpaired) electrons. The zero-order valence-corrected chi connectivity index (χ0v) is 16.1. The number of thioether (sulfide) groups is 2. The number of benzene rings is 2. The van der Waals surface area contributed by atoms with Crippen LogP contribution in [0.5, 0.6) is 5.75 Å². The third kappa shape index (κ3) is 5.59. The van der Waals surface area contributed by atoms with Crippen molar-refractivity contribution in [1.82, 2.24) is 5.32 Å². The van der Waals surface area contributed by atoms with E-state index >= 15 is 0 Å².